The third-order valence-corrected chi connectivity index (χ3v) is 3.59. The molecule has 0 saturated heterocycles. The van der Waals surface area contributed by atoms with Gasteiger partial charge in [-0.3, -0.25) is 5.10 Å². The summed E-state index contributed by atoms with van der Waals surface area (Å²) in [4.78, 5) is 4.21. The Morgan fingerprint density at radius 2 is 2.42 bits per heavy atom. The zero-order valence-corrected chi connectivity index (χ0v) is 11.0. The van der Waals surface area contributed by atoms with E-state index in [1.165, 1.54) is 11.1 Å². The number of aromatic nitrogens is 3. The topological polar surface area (TPSA) is 62.8 Å². The van der Waals surface area contributed by atoms with Crippen molar-refractivity contribution in [2.24, 2.45) is 0 Å². The van der Waals surface area contributed by atoms with Crippen molar-refractivity contribution in [1.29, 1.82) is 0 Å². The molecule has 100 valence electrons. The largest absolute Gasteiger partial charge is 0.493 e. The molecule has 1 aromatic heterocycles. The van der Waals surface area contributed by atoms with Crippen molar-refractivity contribution >= 4 is 0 Å². The van der Waals surface area contributed by atoms with Gasteiger partial charge in [0.1, 0.15) is 17.9 Å². The van der Waals surface area contributed by atoms with Gasteiger partial charge in [-0.2, -0.15) is 5.10 Å². The normalized spacial score (nSPS) is 15.0. The molecule has 2 heterocycles. The molecule has 0 aliphatic carbocycles. The molecule has 3 rings (SSSR count). The van der Waals surface area contributed by atoms with Gasteiger partial charge >= 0.3 is 0 Å². The Bertz CT molecular complexity index is 538. The maximum absolute atomic E-state index is 5.52. The van der Waals surface area contributed by atoms with Crippen LogP contribution in [-0.2, 0) is 12.8 Å². The number of rotatable bonds is 5. The van der Waals surface area contributed by atoms with Crippen LogP contribution in [0.25, 0.3) is 0 Å². The van der Waals surface area contributed by atoms with Gasteiger partial charge in [0, 0.05) is 6.42 Å². The fourth-order valence-corrected chi connectivity index (χ4v) is 2.51. The molecule has 19 heavy (non-hydrogen) atoms. The van der Waals surface area contributed by atoms with Crippen molar-refractivity contribution < 1.29 is 4.74 Å². The first-order valence-corrected chi connectivity index (χ1v) is 6.64. The molecule has 5 nitrogen and oxygen atoms in total. The van der Waals surface area contributed by atoms with E-state index in [0.717, 1.165) is 37.4 Å². The predicted molar refractivity (Wildman–Crippen MR) is 72.1 cm³/mol. The summed E-state index contributed by atoms with van der Waals surface area (Å²) in [5.74, 6) is 1.94. The molecule has 0 amide bonds. The molecule has 2 N–H and O–H groups in total. The van der Waals surface area contributed by atoms with Gasteiger partial charge in [-0.05, 0) is 37.1 Å². The summed E-state index contributed by atoms with van der Waals surface area (Å²) in [5.41, 5.74) is 2.68. The molecular weight excluding hydrogens is 240 g/mol. The van der Waals surface area contributed by atoms with Gasteiger partial charge in [0.05, 0.1) is 12.6 Å². The lowest BCUT2D eigenvalue weighted by Gasteiger charge is -2.13. The quantitative estimate of drug-likeness (QED) is 0.855. The minimum absolute atomic E-state index is 0.215. The van der Waals surface area contributed by atoms with Gasteiger partial charge in [0.25, 0.3) is 0 Å². The number of nitrogens with zero attached hydrogens (tertiary/aromatic N) is 2. The SMILES string of the molecule is CNC(CCc1ccc2c(c1)CCO2)c1ncn[nH]1. The first-order valence-electron chi connectivity index (χ1n) is 6.64. The second kappa shape index (κ2) is 5.40. The molecule has 0 spiro atoms. The number of hydrogen-bond donors (Lipinski definition) is 2. The Labute approximate surface area is 112 Å². The number of H-pyrrole nitrogens is 1. The summed E-state index contributed by atoms with van der Waals surface area (Å²) >= 11 is 0. The van der Waals surface area contributed by atoms with E-state index in [9.17, 15) is 0 Å². The minimum atomic E-state index is 0.215. The van der Waals surface area contributed by atoms with Crippen LogP contribution in [-0.4, -0.2) is 28.8 Å². The van der Waals surface area contributed by atoms with Gasteiger partial charge < -0.3 is 10.1 Å². The van der Waals surface area contributed by atoms with Crippen LogP contribution in [0.2, 0.25) is 0 Å². The third-order valence-electron chi connectivity index (χ3n) is 3.59. The van der Waals surface area contributed by atoms with E-state index >= 15 is 0 Å². The molecule has 0 radical (unpaired) electrons. The highest BCUT2D eigenvalue weighted by atomic mass is 16.5. The standard InChI is InChI=1S/C14H18N4O/c1-15-12(14-16-9-17-18-14)4-2-10-3-5-13-11(8-10)6-7-19-13/h3,5,8-9,12,15H,2,4,6-7H2,1H3,(H,16,17,18). The van der Waals surface area contributed by atoms with E-state index < -0.39 is 0 Å². The fourth-order valence-electron chi connectivity index (χ4n) is 2.51. The molecule has 1 aromatic carbocycles. The van der Waals surface area contributed by atoms with Crippen molar-refractivity contribution in [2.75, 3.05) is 13.7 Å². The van der Waals surface area contributed by atoms with E-state index in [0.29, 0.717) is 0 Å². The lowest BCUT2D eigenvalue weighted by molar-refractivity contribution is 0.357. The smallest absolute Gasteiger partial charge is 0.141 e. The number of benzene rings is 1. The molecule has 2 aromatic rings. The molecule has 0 fully saturated rings. The number of fused-ring (bicyclic) bond motifs is 1. The fraction of sp³-hybridized carbons (Fsp3) is 0.429. The van der Waals surface area contributed by atoms with Gasteiger partial charge in [-0.1, -0.05) is 12.1 Å². The molecule has 1 aliphatic heterocycles. The average Bonchev–Trinajstić information content (AvgIpc) is 3.10. The van der Waals surface area contributed by atoms with Crippen LogP contribution in [0.4, 0.5) is 0 Å². The van der Waals surface area contributed by atoms with Crippen LogP contribution in [0.3, 0.4) is 0 Å². The first kappa shape index (κ1) is 12.2. The molecule has 1 aliphatic rings. The number of aromatic amines is 1. The summed E-state index contributed by atoms with van der Waals surface area (Å²) in [6, 6.07) is 6.71. The number of aryl methyl sites for hydroxylation is 1. The predicted octanol–water partition coefficient (Wildman–Crippen LogP) is 1.63. The zero-order valence-electron chi connectivity index (χ0n) is 11.0. The second-order valence-corrected chi connectivity index (χ2v) is 4.79. The summed E-state index contributed by atoms with van der Waals surface area (Å²) in [7, 11) is 1.95. The molecular formula is C14H18N4O. The van der Waals surface area contributed by atoms with Crippen molar-refractivity contribution in [3.05, 3.63) is 41.5 Å². The van der Waals surface area contributed by atoms with Gasteiger partial charge in [0.2, 0.25) is 0 Å². The van der Waals surface area contributed by atoms with E-state index in [4.69, 9.17) is 4.74 Å². The summed E-state index contributed by atoms with van der Waals surface area (Å²) in [6.07, 6.45) is 4.58. The summed E-state index contributed by atoms with van der Waals surface area (Å²) in [5, 5.41) is 10.1. The lowest BCUT2D eigenvalue weighted by atomic mass is 10.0. The van der Waals surface area contributed by atoms with Crippen LogP contribution >= 0.6 is 0 Å². The molecule has 0 saturated carbocycles. The minimum Gasteiger partial charge on any atom is -0.493 e. The van der Waals surface area contributed by atoms with Crippen LogP contribution < -0.4 is 10.1 Å². The Hall–Kier alpha value is -1.88. The zero-order chi connectivity index (χ0) is 13.1. The van der Waals surface area contributed by atoms with Crippen molar-refractivity contribution in [1.82, 2.24) is 20.5 Å². The van der Waals surface area contributed by atoms with E-state index in [-0.39, 0.29) is 6.04 Å². The Balaban J connectivity index is 1.65. The van der Waals surface area contributed by atoms with Crippen molar-refractivity contribution in [3.63, 3.8) is 0 Å². The van der Waals surface area contributed by atoms with Crippen LogP contribution in [0.5, 0.6) is 5.75 Å². The van der Waals surface area contributed by atoms with Crippen LogP contribution in [0, 0.1) is 0 Å². The monoisotopic (exact) mass is 258 g/mol. The Morgan fingerprint density at radius 3 is 3.21 bits per heavy atom. The first-order chi connectivity index (χ1) is 9.36. The van der Waals surface area contributed by atoms with Crippen LogP contribution in [0.15, 0.2) is 24.5 Å². The Kier molecular flexibility index (Phi) is 3.46. The number of ether oxygens (including phenoxy) is 1. The van der Waals surface area contributed by atoms with Gasteiger partial charge in [-0.25, -0.2) is 4.98 Å². The van der Waals surface area contributed by atoms with Gasteiger partial charge in [-0.15, -0.1) is 0 Å². The number of nitrogens with one attached hydrogen (secondary N) is 2. The molecule has 1 atom stereocenters. The highest BCUT2D eigenvalue weighted by Gasteiger charge is 2.14. The molecule has 0 bridgehead atoms. The van der Waals surface area contributed by atoms with E-state index in [2.05, 4.69) is 38.7 Å². The highest BCUT2D eigenvalue weighted by Crippen LogP contribution is 2.27. The summed E-state index contributed by atoms with van der Waals surface area (Å²) in [6.45, 7) is 0.815. The molecule has 1 unspecified atom stereocenters. The second-order valence-electron chi connectivity index (χ2n) is 4.79. The maximum Gasteiger partial charge on any atom is 0.141 e. The molecule has 5 heteroatoms. The third kappa shape index (κ3) is 2.61. The maximum atomic E-state index is 5.52. The lowest BCUT2D eigenvalue weighted by Crippen LogP contribution is -2.18. The highest BCUT2D eigenvalue weighted by molar-refractivity contribution is 5.39. The Morgan fingerprint density at radius 1 is 1.47 bits per heavy atom. The van der Waals surface area contributed by atoms with Crippen molar-refractivity contribution in [2.45, 2.75) is 25.3 Å². The number of hydrogen-bond acceptors (Lipinski definition) is 4. The van der Waals surface area contributed by atoms with Crippen molar-refractivity contribution in [3.8, 4) is 5.75 Å². The van der Waals surface area contributed by atoms with Crippen LogP contribution in [0.1, 0.15) is 29.4 Å². The van der Waals surface area contributed by atoms with E-state index in [1.807, 2.05) is 7.05 Å². The summed E-state index contributed by atoms with van der Waals surface area (Å²) < 4.78 is 5.52. The average molecular weight is 258 g/mol. The van der Waals surface area contributed by atoms with E-state index in [1.54, 1.807) is 6.33 Å². The van der Waals surface area contributed by atoms with Gasteiger partial charge in [0.15, 0.2) is 0 Å².